The van der Waals surface area contributed by atoms with Crippen LogP contribution in [0.1, 0.15) is 21.6 Å². The predicted molar refractivity (Wildman–Crippen MR) is 161 cm³/mol. The molecule has 2 amide bonds. The molecule has 6 rings (SSSR count). The Morgan fingerprint density at radius 1 is 1.02 bits per heavy atom. The number of amidine groups is 1. The number of nitrogens with one attached hydrogen (secondary N) is 2. The molecule has 0 saturated carbocycles. The molecule has 218 valence electrons. The Morgan fingerprint density at radius 3 is 2.58 bits per heavy atom. The number of hydrogen-bond acceptors (Lipinski definition) is 10. The first-order valence-corrected chi connectivity index (χ1v) is 14.5. The Bertz CT molecular complexity index is 1660. The van der Waals surface area contributed by atoms with Gasteiger partial charge in [-0.2, -0.15) is 0 Å². The molecule has 4 heterocycles. The second kappa shape index (κ2) is 12.1. The molecule has 2 aliphatic heterocycles. The first kappa shape index (κ1) is 28.2. The van der Waals surface area contributed by atoms with E-state index in [0.29, 0.717) is 52.8 Å². The fourth-order valence-electron chi connectivity index (χ4n) is 5.22. The number of rotatable bonds is 7. The highest BCUT2D eigenvalue weighted by molar-refractivity contribution is 8.13. The molecule has 0 radical (unpaired) electrons. The van der Waals surface area contributed by atoms with Crippen LogP contribution in [0, 0.1) is 11.7 Å². The molecule has 0 bridgehead atoms. The summed E-state index contributed by atoms with van der Waals surface area (Å²) < 4.78 is 18.6. The van der Waals surface area contributed by atoms with Crippen molar-refractivity contribution in [1.29, 1.82) is 0 Å². The van der Waals surface area contributed by atoms with Gasteiger partial charge < -0.3 is 20.3 Å². The van der Waals surface area contributed by atoms with E-state index in [-0.39, 0.29) is 24.2 Å². The summed E-state index contributed by atoms with van der Waals surface area (Å²) in [6, 6.07) is 16.5. The van der Waals surface area contributed by atoms with Crippen molar-refractivity contribution >= 4 is 40.4 Å². The molecule has 43 heavy (non-hydrogen) atoms. The zero-order valence-electron chi connectivity index (χ0n) is 23.1. The van der Waals surface area contributed by atoms with Crippen LogP contribution < -0.4 is 20.3 Å². The van der Waals surface area contributed by atoms with Gasteiger partial charge in [0.05, 0.1) is 50.6 Å². The summed E-state index contributed by atoms with van der Waals surface area (Å²) in [7, 11) is 1.50. The molecule has 0 spiro atoms. The van der Waals surface area contributed by atoms with E-state index in [4.69, 9.17) is 9.73 Å². The topological polar surface area (TPSA) is 135 Å². The maximum Gasteiger partial charge on any atom is 0.257 e. The van der Waals surface area contributed by atoms with E-state index in [1.807, 2.05) is 35.2 Å². The lowest BCUT2D eigenvalue weighted by Gasteiger charge is -2.35. The third-order valence-corrected chi connectivity index (χ3v) is 8.33. The molecular weight excluding hydrogens is 571 g/mol. The van der Waals surface area contributed by atoms with Crippen LogP contribution in [0.15, 0.2) is 84.4 Å². The molecular formula is C30H27FN8O3S. The smallest absolute Gasteiger partial charge is 0.257 e. The lowest BCUT2D eigenvalue weighted by molar-refractivity contribution is -0.115. The van der Waals surface area contributed by atoms with Crippen molar-refractivity contribution in [3.63, 3.8) is 0 Å². The molecule has 1 fully saturated rings. The summed E-state index contributed by atoms with van der Waals surface area (Å²) >= 11 is 1.47. The Kier molecular flexibility index (Phi) is 7.97. The quantitative estimate of drug-likeness (QED) is 0.328. The highest BCUT2D eigenvalue weighted by Crippen LogP contribution is 2.46. The average Bonchev–Trinajstić information content (AvgIpc) is 3.42. The maximum absolute atomic E-state index is 13.6. The van der Waals surface area contributed by atoms with Crippen LogP contribution in [0.25, 0.3) is 0 Å². The van der Waals surface area contributed by atoms with Gasteiger partial charge in [-0.15, -0.1) is 0 Å². The van der Waals surface area contributed by atoms with Crippen LogP contribution >= 0.6 is 11.8 Å². The third kappa shape index (κ3) is 6.16. The van der Waals surface area contributed by atoms with Gasteiger partial charge >= 0.3 is 0 Å². The van der Waals surface area contributed by atoms with E-state index >= 15 is 0 Å². The molecule has 0 unspecified atom stereocenters. The van der Waals surface area contributed by atoms with Gasteiger partial charge in [0.1, 0.15) is 5.54 Å². The number of aliphatic imine (C=N–C) groups is 1. The van der Waals surface area contributed by atoms with E-state index in [1.54, 1.807) is 24.3 Å². The normalized spacial score (nSPS) is 19.3. The zero-order chi connectivity index (χ0) is 29.8. The summed E-state index contributed by atoms with van der Waals surface area (Å²) in [5, 5.41) is 6.42. The van der Waals surface area contributed by atoms with E-state index < -0.39 is 11.4 Å². The first-order valence-electron chi connectivity index (χ1n) is 13.5. The van der Waals surface area contributed by atoms with Crippen LogP contribution in [0.3, 0.4) is 0 Å². The SMILES string of the molecule is COc1cnc(CC(=O)Nc2cccc([C@]34CN(c5ncc(F)cn5)C[C@H]3CSC(NC(=O)c3ccccc3)=N4)c2)cn1. The van der Waals surface area contributed by atoms with Crippen LogP contribution in [-0.2, 0) is 16.8 Å². The number of benzene rings is 2. The van der Waals surface area contributed by atoms with Gasteiger partial charge in [-0.3, -0.25) is 14.6 Å². The minimum absolute atomic E-state index is 0.0176. The molecule has 2 aliphatic rings. The summed E-state index contributed by atoms with van der Waals surface area (Å²) in [6.45, 7) is 0.974. The predicted octanol–water partition coefficient (Wildman–Crippen LogP) is 3.46. The fraction of sp³-hybridized carbons (Fsp3) is 0.233. The molecule has 2 atom stereocenters. The highest BCUT2D eigenvalue weighted by atomic mass is 32.2. The number of carbonyl (C=O) groups is 2. The Balaban J connectivity index is 1.29. The average molecular weight is 599 g/mol. The van der Waals surface area contributed by atoms with Gasteiger partial charge in [-0.25, -0.2) is 24.3 Å². The van der Waals surface area contributed by atoms with Gasteiger partial charge in [0.25, 0.3) is 5.91 Å². The third-order valence-electron chi connectivity index (χ3n) is 7.29. The van der Waals surface area contributed by atoms with E-state index in [1.165, 1.54) is 31.3 Å². The monoisotopic (exact) mass is 598 g/mol. The number of anilines is 2. The Hall–Kier alpha value is -4.91. The number of halogens is 1. The number of amides is 2. The molecule has 11 nitrogen and oxygen atoms in total. The molecule has 0 aliphatic carbocycles. The lowest BCUT2D eigenvalue weighted by Crippen LogP contribution is -2.42. The number of ether oxygens (including phenoxy) is 1. The van der Waals surface area contributed by atoms with Gasteiger partial charge in [0, 0.05) is 29.5 Å². The summed E-state index contributed by atoms with van der Waals surface area (Å²) in [5.74, 6) is 0.431. The Labute approximate surface area is 251 Å². The molecule has 2 aromatic carbocycles. The Morgan fingerprint density at radius 2 is 1.84 bits per heavy atom. The largest absolute Gasteiger partial charge is 0.480 e. The minimum Gasteiger partial charge on any atom is -0.480 e. The van der Waals surface area contributed by atoms with Crippen molar-refractivity contribution in [1.82, 2.24) is 25.3 Å². The van der Waals surface area contributed by atoms with E-state index in [0.717, 1.165) is 18.0 Å². The second-order valence-electron chi connectivity index (χ2n) is 10.1. The van der Waals surface area contributed by atoms with E-state index in [9.17, 15) is 14.0 Å². The summed E-state index contributed by atoms with van der Waals surface area (Å²) in [6.07, 6.45) is 5.29. The standard InChI is InChI=1S/C30H27FN8O3S/c1-42-26-15-32-24(14-33-26)11-25(40)36-23-9-5-8-20(10-23)30-18-39(28-34-12-22(31)13-35-28)16-21(30)17-43-29(38-30)37-27(41)19-6-3-2-4-7-19/h2-10,12-15,21H,11,16-18H2,1H3,(H,36,40)(H,37,38,41)/t21-,30+/m0/s1. The minimum atomic E-state index is -0.787. The first-order chi connectivity index (χ1) is 20.9. The van der Waals surface area contributed by atoms with Crippen LogP contribution in [0.5, 0.6) is 5.88 Å². The van der Waals surface area contributed by atoms with Crippen molar-refractivity contribution in [3.05, 3.63) is 102 Å². The van der Waals surface area contributed by atoms with Gasteiger partial charge in [-0.05, 0) is 29.8 Å². The maximum atomic E-state index is 13.6. The number of carbonyl (C=O) groups excluding carboxylic acids is 2. The number of hydrogen-bond donors (Lipinski definition) is 2. The molecule has 1 saturated heterocycles. The van der Waals surface area contributed by atoms with Gasteiger partial charge in [-0.1, -0.05) is 42.1 Å². The molecule has 13 heteroatoms. The van der Waals surface area contributed by atoms with Crippen molar-refractivity contribution < 1.29 is 18.7 Å². The highest BCUT2D eigenvalue weighted by Gasteiger charge is 2.51. The fourth-order valence-corrected chi connectivity index (χ4v) is 6.36. The van der Waals surface area contributed by atoms with Gasteiger partial charge in [0.15, 0.2) is 11.0 Å². The number of methoxy groups -OCH3 is 1. The van der Waals surface area contributed by atoms with Crippen LogP contribution in [0.2, 0.25) is 0 Å². The molecule has 4 aromatic rings. The second-order valence-corrected chi connectivity index (χ2v) is 11.1. The number of nitrogens with zero attached hydrogens (tertiary/aromatic N) is 6. The summed E-state index contributed by atoms with van der Waals surface area (Å²) in [5.41, 5.74) is 1.70. The van der Waals surface area contributed by atoms with E-state index in [2.05, 4.69) is 30.6 Å². The lowest BCUT2D eigenvalue weighted by atomic mass is 9.81. The van der Waals surface area contributed by atoms with Crippen molar-refractivity contribution in [2.45, 2.75) is 12.0 Å². The van der Waals surface area contributed by atoms with Crippen molar-refractivity contribution in [3.8, 4) is 5.88 Å². The number of aromatic nitrogens is 4. The van der Waals surface area contributed by atoms with Gasteiger partial charge in [0.2, 0.25) is 17.7 Å². The number of fused-ring (bicyclic) bond motifs is 1. The number of thioether (sulfide) groups is 1. The molecule has 2 N–H and O–H groups in total. The molecule has 2 aromatic heterocycles. The van der Waals surface area contributed by atoms with Crippen molar-refractivity contribution in [2.24, 2.45) is 10.9 Å². The zero-order valence-corrected chi connectivity index (χ0v) is 23.9. The summed E-state index contributed by atoms with van der Waals surface area (Å²) in [4.78, 5) is 49.7. The van der Waals surface area contributed by atoms with Crippen LogP contribution in [-0.4, -0.2) is 62.9 Å². The van der Waals surface area contributed by atoms with Crippen LogP contribution in [0.4, 0.5) is 16.0 Å². The van der Waals surface area contributed by atoms with Crippen molar-refractivity contribution in [2.75, 3.05) is 36.2 Å².